The molecule has 0 spiro atoms. The molecule has 6 heteroatoms. The fourth-order valence-corrected chi connectivity index (χ4v) is 1.05. The molecule has 66 valence electrons. The first-order valence-electron chi connectivity index (χ1n) is 2.86. The van der Waals surface area contributed by atoms with Crippen molar-refractivity contribution in [1.29, 1.82) is 0 Å². The maximum atomic E-state index is 11.7. The van der Waals surface area contributed by atoms with Crippen LogP contribution in [0, 0.1) is 0 Å². The molecule has 0 fully saturated rings. The van der Waals surface area contributed by atoms with E-state index >= 15 is 0 Å². The summed E-state index contributed by atoms with van der Waals surface area (Å²) in [6.07, 6.45) is 0. The number of rotatable bonds is 2. The third-order valence-electron chi connectivity index (χ3n) is 0.962. The summed E-state index contributed by atoms with van der Waals surface area (Å²) in [4.78, 5) is 3.55. The maximum Gasteiger partial charge on any atom is 0.387 e. The average Bonchev–Trinajstić information content (AvgIpc) is 1.81. The summed E-state index contributed by atoms with van der Waals surface area (Å²) in [7, 11) is 0. The van der Waals surface area contributed by atoms with Gasteiger partial charge in [0.2, 0.25) is 0 Å². The normalized spacial score (nSPS) is 10.4. The summed E-state index contributed by atoms with van der Waals surface area (Å²) in [5.41, 5.74) is 0. The van der Waals surface area contributed by atoms with Crippen molar-refractivity contribution in [3.8, 4) is 5.75 Å². The first-order valence-corrected chi connectivity index (χ1v) is 3.61. The second kappa shape index (κ2) is 3.87. The molecule has 0 atom stereocenters. The number of aromatic nitrogens is 1. The van der Waals surface area contributed by atoms with Crippen molar-refractivity contribution in [2.75, 3.05) is 0 Å². The molecule has 0 bridgehead atoms. The van der Waals surface area contributed by atoms with Crippen molar-refractivity contribution in [2.24, 2.45) is 0 Å². The van der Waals surface area contributed by atoms with Crippen LogP contribution < -0.4 is 4.74 Å². The van der Waals surface area contributed by atoms with Crippen molar-refractivity contribution in [3.05, 3.63) is 22.4 Å². The molecule has 2 nitrogen and oxygen atoms in total. The number of pyridine rings is 1. The molecule has 0 aliphatic carbocycles. The van der Waals surface area contributed by atoms with Crippen molar-refractivity contribution >= 4 is 23.2 Å². The van der Waals surface area contributed by atoms with Crippen LogP contribution in [0.3, 0.4) is 0 Å². The zero-order valence-electron chi connectivity index (χ0n) is 5.60. The smallest absolute Gasteiger partial charge is 0.387 e. The van der Waals surface area contributed by atoms with Crippen LogP contribution in [0.4, 0.5) is 8.78 Å². The van der Waals surface area contributed by atoms with Gasteiger partial charge in [0, 0.05) is 12.1 Å². The Morgan fingerprint density at radius 2 is 1.75 bits per heavy atom. The highest BCUT2D eigenvalue weighted by Gasteiger charge is 2.06. The van der Waals surface area contributed by atoms with Crippen molar-refractivity contribution in [1.82, 2.24) is 4.98 Å². The van der Waals surface area contributed by atoms with E-state index in [4.69, 9.17) is 23.2 Å². The molecule has 1 heterocycles. The molecule has 1 rings (SSSR count). The highest BCUT2D eigenvalue weighted by Crippen LogP contribution is 2.21. The van der Waals surface area contributed by atoms with E-state index in [0.717, 1.165) is 12.1 Å². The van der Waals surface area contributed by atoms with Gasteiger partial charge in [-0.1, -0.05) is 23.2 Å². The average molecular weight is 214 g/mol. The van der Waals surface area contributed by atoms with Crippen LogP contribution in [-0.4, -0.2) is 11.6 Å². The molecule has 12 heavy (non-hydrogen) atoms. The number of hydrogen-bond donors (Lipinski definition) is 0. The third kappa shape index (κ3) is 2.79. The van der Waals surface area contributed by atoms with E-state index < -0.39 is 6.61 Å². The predicted molar refractivity (Wildman–Crippen MR) is 40.9 cm³/mol. The van der Waals surface area contributed by atoms with E-state index in [2.05, 4.69) is 9.72 Å². The Hall–Kier alpha value is -0.610. The van der Waals surface area contributed by atoms with Crippen molar-refractivity contribution in [3.63, 3.8) is 0 Å². The lowest BCUT2D eigenvalue weighted by molar-refractivity contribution is -0.0498. The zero-order chi connectivity index (χ0) is 9.14. The Bertz CT molecular complexity index is 262. The minimum Gasteiger partial charge on any atom is -0.435 e. The van der Waals surface area contributed by atoms with E-state index in [0.29, 0.717) is 0 Å². The molecule has 1 aromatic rings. The summed E-state index contributed by atoms with van der Waals surface area (Å²) >= 11 is 10.8. The fraction of sp³-hybridized carbons (Fsp3) is 0.167. The molecular weight excluding hydrogens is 211 g/mol. The van der Waals surface area contributed by atoms with Crippen LogP contribution in [0.5, 0.6) is 5.75 Å². The Balaban J connectivity index is 2.85. The lowest BCUT2D eigenvalue weighted by Gasteiger charge is -2.03. The van der Waals surface area contributed by atoms with E-state index in [1.165, 1.54) is 0 Å². The molecule has 0 saturated heterocycles. The summed E-state index contributed by atoms with van der Waals surface area (Å²) in [6.45, 7) is -2.89. The lowest BCUT2D eigenvalue weighted by atomic mass is 10.4. The van der Waals surface area contributed by atoms with Crippen LogP contribution in [0.2, 0.25) is 10.3 Å². The molecule has 0 amide bonds. The van der Waals surface area contributed by atoms with Crippen LogP contribution in [-0.2, 0) is 0 Å². The van der Waals surface area contributed by atoms with Gasteiger partial charge in [-0.25, -0.2) is 4.98 Å². The van der Waals surface area contributed by atoms with Gasteiger partial charge in [-0.2, -0.15) is 8.78 Å². The highest BCUT2D eigenvalue weighted by molar-refractivity contribution is 6.32. The monoisotopic (exact) mass is 213 g/mol. The summed E-state index contributed by atoms with van der Waals surface area (Å²) in [5.74, 6) is -0.102. The van der Waals surface area contributed by atoms with E-state index in [1.807, 2.05) is 0 Å². The first kappa shape index (κ1) is 9.48. The molecule has 0 aliphatic rings. The number of alkyl halides is 2. The summed E-state index contributed by atoms with van der Waals surface area (Å²) < 4.78 is 27.3. The molecule has 0 aromatic carbocycles. The largest absolute Gasteiger partial charge is 0.435 e. The van der Waals surface area contributed by atoms with E-state index in [-0.39, 0.29) is 16.1 Å². The molecule has 1 aromatic heterocycles. The van der Waals surface area contributed by atoms with Crippen molar-refractivity contribution < 1.29 is 13.5 Å². The number of halogens is 4. The van der Waals surface area contributed by atoms with Crippen LogP contribution >= 0.6 is 23.2 Å². The van der Waals surface area contributed by atoms with E-state index in [9.17, 15) is 8.78 Å². The standard InChI is InChI=1S/C6H3Cl2F2NO/c7-4-1-3(12-6(9)10)2-5(8)11-4/h1-2,6H. The quantitative estimate of drug-likeness (QED) is 0.706. The van der Waals surface area contributed by atoms with Gasteiger partial charge in [0.05, 0.1) is 0 Å². The number of nitrogens with zero attached hydrogens (tertiary/aromatic N) is 1. The summed E-state index contributed by atoms with van der Waals surface area (Å²) in [6, 6.07) is 2.30. The topological polar surface area (TPSA) is 22.1 Å². The molecule has 0 aliphatic heterocycles. The molecule has 0 unspecified atom stereocenters. The Kier molecular flexibility index (Phi) is 3.05. The first-order chi connectivity index (χ1) is 5.58. The van der Waals surface area contributed by atoms with Crippen molar-refractivity contribution in [2.45, 2.75) is 6.61 Å². The van der Waals surface area contributed by atoms with Gasteiger partial charge < -0.3 is 4.74 Å². The highest BCUT2D eigenvalue weighted by atomic mass is 35.5. The molecule has 0 radical (unpaired) electrons. The molecule has 0 N–H and O–H groups in total. The predicted octanol–water partition coefficient (Wildman–Crippen LogP) is 2.99. The van der Waals surface area contributed by atoms with Gasteiger partial charge in [0.1, 0.15) is 16.1 Å². The van der Waals surface area contributed by atoms with Crippen LogP contribution in [0.25, 0.3) is 0 Å². The van der Waals surface area contributed by atoms with Gasteiger partial charge >= 0.3 is 6.61 Å². The maximum absolute atomic E-state index is 11.7. The van der Waals surface area contributed by atoms with Gasteiger partial charge in [0.15, 0.2) is 0 Å². The van der Waals surface area contributed by atoms with Gasteiger partial charge in [-0.05, 0) is 0 Å². The van der Waals surface area contributed by atoms with E-state index in [1.54, 1.807) is 0 Å². The SMILES string of the molecule is FC(F)Oc1cc(Cl)nc(Cl)c1. The number of hydrogen-bond acceptors (Lipinski definition) is 2. The van der Waals surface area contributed by atoms with Crippen LogP contribution in [0.15, 0.2) is 12.1 Å². The minimum atomic E-state index is -2.89. The Labute approximate surface area is 77.1 Å². The van der Waals surface area contributed by atoms with Gasteiger partial charge in [-0.3, -0.25) is 0 Å². The minimum absolute atomic E-state index is 0.0122. The second-order valence-electron chi connectivity index (χ2n) is 1.83. The zero-order valence-corrected chi connectivity index (χ0v) is 7.11. The summed E-state index contributed by atoms with van der Waals surface area (Å²) in [5, 5.41) is 0.0244. The third-order valence-corrected chi connectivity index (χ3v) is 1.35. The Morgan fingerprint density at radius 3 is 2.17 bits per heavy atom. The Morgan fingerprint density at radius 1 is 1.25 bits per heavy atom. The molecular formula is C6H3Cl2F2NO. The van der Waals surface area contributed by atoms with Crippen LogP contribution in [0.1, 0.15) is 0 Å². The fourth-order valence-electron chi connectivity index (χ4n) is 0.614. The molecule has 0 saturated carbocycles. The second-order valence-corrected chi connectivity index (χ2v) is 2.60. The number of ether oxygens (including phenoxy) is 1. The van der Waals surface area contributed by atoms with Gasteiger partial charge in [0.25, 0.3) is 0 Å². The van der Waals surface area contributed by atoms with Gasteiger partial charge in [-0.15, -0.1) is 0 Å². The lowest BCUT2D eigenvalue weighted by Crippen LogP contribution is -2.01.